The van der Waals surface area contributed by atoms with Crippen molar-refractivity contribution < 1.29 is 9.59 Å². The van der Waals surface area contributed by atoms with Crippen molar-refractivity contribution in [2.24, 2.45) is 5.73 Å². The molecular formula is C21H20N2O2S. The smallest absolute Gasteiger partial charge is 0.251 e. The molecule has 3 N–H and O–H groups in total. The second kappa shape index (κ2) is 7.54. The normalized spacial score (nSPS) is 10.5. The molecule has 2 aromatic carbocycles. The second-order valence-corrected chi connectivity index (χ2v) is 7.29. The van der Waals surface area contributed by atoms with Crippen molar-refractivity contribution in [1.82, 2.24) is 0 Å². The van der Waals surface area contributed by atoms with Crippen molar-refractivity contribution in [1.29, 1.82) is 0 Å². The third kappa shape index (κ3) is 4.00. The van der Waals surface area contributed by atoms with Gasteiger partial charge in [0.15, 0.2) is 0 Å². The maximum absolute atomic E-state index is 12.5. The molecule has 1 aromatic heterocycles. The Balaban J connectivity index is 1.83. The number of amides is 2. The summed E-state index contributed by atoms with van der Waals surface area (Å²) < 4.78 is 0. The molecule has 0 aliphatic carbocycles. The van der Waals surface area contributed by atoms with Crippen LogP contribution in [-0.4, -0.2) is 11.8 Å². The van der Waals surface area contributed by atoms with Crippen LogP contribution in [0.4, 0.5) is 5.00 Å². The van der Waals surface area contributed by atoms with Crippen LogP contribution in [0.1, 0.15) is 27.0 Å². The fraction of sp³-hybridized carbons (Fsp3) is 0.143. The van der Waals surface area contributed by atoms with Crippen LogP contribution >= 0.6 is 11.3 Å². The maximum Gasteiger partial charge on any atom is 0.251 e. The average Bonchev–Trinajstić information content (AvgIpc) is 3.02. The van der Waals surface area contributed by atoms with Gasteiger partial charge in [-0.3, -0.25) is 9.59 Å². The summed E-state index contributed by atoms with van der Waals surface area (Å²) in [5, 5.41) is 3.34. The van der Waals surface area contributed by atoms with E-state index in [2.05, 4.69) is 11.4 Å². The van der Waals surface area contributed by atoms with Crippen molar-refractivity contribution in [3.63, 3.8) is 0 Å². The number of rotatable bonds is 5. The number of benzene rings is 2. The molecule has 0 aliphatic heterocycles. The minimum absolute atomic E-state index is 0.166. The van der Waals surface area contributed by atoms with Crippen LogP contribution in [0.15, 0.2) is 54.6 Å². The first kappa shape index (κ1) is 17.9. The third-order valence-electron chi connectivity index (χ3n) is 4.16. The van der Waals surface area contributed by atoms with Crippen LogP contribution in [0.3, 0.4) is 0 Å². The monoisotopic (exact) mass is 364 g/mol. The van der Waals surface area contributed by atoms with Gasteiger partial charge in [-0.1, -0.05) is 54.1 Å². The maximum atomic E-state index is 12.5. The molecule has 132 valence electrons. The lowest BCUT2D eigenvalue weighted by molar-refractivity contribution is -0.115. The molecule has 0 aliphatic rings. The number of carbonyl (C=O) groups is 2. The van der Waals surface area contributed by atoms with Gasteiger partial charge in [0.2, 0.25) is 5.91 Å². The molecule has 4 nitrogen and oxygen atoms in total. The molecule has 0 bridgehead atoms. The van der Waals surface area contributed by atoms with Crippen molar-refractivity contribution in [2.75, 3.05) is 5.32 Å². The van der Waals surface area contributed by atoms with Crippen LogP contribution in [-0.2, 0) is 11.2 Å². The van der Waals surface area contributed by atoms with E-state index in [1.807, 2.05) is 56.3 Å². The van der Waals surface area contributed by atoms with Gasteiger partial charge in [0.05, 0.1) is 12.0 Å². The van der Waals surface area contributed by atoms with Gasteiger partial charge in [-0.15, -0.1) is 11.3 Å². The standard InChI is InChI=1S/C21H20N2O2S/c1-13-8-9-16(14(2)10-13)11-19(24)23-21-17(20(22)25)12-18(26-21)15-6-4-3-5-7-15/h3-10,12H,11H2,1-2H3,(H2,22,25)(H,23,24). The first-order valence-corrected chi connectivity index (χ1v) is 9.10. The second-order valence-electron chi connectivity index (χ2n) is 6.24. The number of nitrogens with one attached hydrogen (secondary N) is 1. The van der Waals surface area contributed by atoms with E-state index in [9.17, 15) is 9.59 Å². The van der Waals surface area contributed by atoms with Crippen LogP contribution in [0.5, 0.6) is 0 Å². The summed E-state index contributed by atoms with van der Waals surface area (Å²) in [4.78, 5) is 25.1. The van der Waals surface area contributed by atoms with Gasteiger partial charge in [0.1, 0.15) is 5.00 Å². The Labute approximate surface area is 156 Å². The zero-order chi connectivity index (χ0) is 18.7. The van der Waals surface area contributed by atoms with E-state index in [4.69, 9.17) is 5.73 Å². The lowest BCUT2D eigenvalue weighted by Gasteiger charge is -2.08. The van der Waals surface area contributed by atoms with E-state index in [0.717, 1.165) is 27.1 Å². The molecule has 0 radical (unpaired) electrons. The molecule has 3 rings (SSSR count). The van der Waals surface area contributed by atoms with Crippen LogP contribution in [0.25, 0.3) is 10.4 Å². The van der Waals surface area contributed by atoms with Crippen molar-refractivity contribution in [3.8, 4) is 10.4 Å². The summed E-state index contributed by atoms with van der Waals surface area (Å²) in [5.74, 6) is -0.717. The Morgan fingerprint density at radius 3 is 2.42 bits per heavy atom. The Morgan fingerprint density at radius 1 is 1.04 bits per heavy atom. The summed E-state index contributed by atoms with van der Waals surface area (Å²) in [6, 6.07) is 17.4. The number of anilines is 1. The highest BCUT2D eigenvalue weighted by atomic mass is 32.1. The van der Waals surface area contributed by atoms with Crippen LogP contribution in [0, 0.1) is 13.8 Å². The predicted molar refractivity (Wildman–Crippen MR) is 107 cm³/mol. The number of hydrogen-bond donors (Lipinski definition) is 2. The molecule has 0 spiro atoms. The minimum atomic E-state index is -0.551. The Hall–Kier alpha value is -2.92. The minimum Gasteiger partial charge on any atom is -0.366 e. The van der Waals surface area contributed by atoms with Gasteiger partial charge in [-0.05, 0) is 36.6 Å². The first-order chi connectivity index (χ1) is 12.4. The van der Waals surface area contributed by atoms with Gasteiger partial charge in [-0.25, -0.2) is 0 Å². The van der Waals surface area contributed by atoms with Gasteiger partial charge in [0.25, 0.3) is 5.91 Å². The van der Waals surface area contributed by atoms with E-state index in [0.29, 0.717) is 10.6 Å². The van der Waals surface area contributed by atoms with Crippen molar-refractivity contribution in [3.05, 3.63) is 76.9 Å². The Bertz CT molecular complexity index is 961. The van der Waals surface area contributed by atoms with E-state index in [-0.39, 0.29) is 12.3 Å². The van der Waals surface area contributed by atoms with E-state index < -0.39 is 5.91 Å². The number of hydrogen-bond acceptors (Lipinski definition) is 3. The number of carbonyl (C=O) groups excluding carboxylic acids is 2. The first-order valence-electron chi connectivity index (χ1n) is 8.29. The van der Waals surface area contributed by atoms with Crippen molar-refractivity contribution >= 4 is 28.2 Å². The fourth-order valence-electron chi connectivity index (χ4n) is 2.80. The summed E-state index contributed by atoms with van der Waals surface area (Å²) >= 11 is 1.35. The third-order valence-corrected chi connectivity index (χ3v) is 5.26. The highest BCUT2D eigenvalue weighted by molar-refractivity contribution is 7.20. The molecule has 5 heteroatoms. The van der Waals surface area contributed by atoms with Crippen LogP contribution in [0.2, 0.25) is 0 Å². The largest absolute Gasteiger partial charge is 0.366 e. The Morgan fingerprint density at radius 2 is 1.77 bits per heavy atom. The van der Waals surface area contributed by atoms with Gasteiger partial charge in [0, 0.05) is 4.88 Å². The molecule has 0 saturated carbocycles. The number of nitrogens with two attached hydrogens (primary N) is 1. The van der Waals surface area contributed by atoms with Gasteiger partial charge in [-0.2, -0.15) is 0 Å². The molecular weight excluding hydrogens is 344 g/mol. The highest BCUT2D eigenvalue weighted by Gasteiger charge is 2.17. The van der Waals surface area contributed by atoms with Gasteiger partial charge < -0.3 is 11.1 Å². The molecule has 0 saturated heterocycles. The summed E-state index contributed by atoms with van der Waals surface area (Å²) in [6.45, 7) is 4.01. The molecule has 26 heavy (non-hydrogen) atoms. The summed E-state index contributed by atoms with van der Waals surface area (Å²) in [6.07, 6.45) is 0.253. The number of thiophene rings is 1. The van der Waals surface area contributed by atoms with Crippen LogP contribution < -0.4 is 11.1 Å². The Kier molecular flexibility index (Phi) is 5.19. The number of aryl methyl sites for hydroxylation is 2. The van der Waals surface area contributed by atoms with Crippen molar-refractivity contribution in [2.45, 2.75) is 20.3 Å². The lowest BCUT2D eigenvalue weighted by atomic mass is 10.0. The molecule has 0 fully saturated rings. The number of primary amides is 1. The molecule has 2 amide bonds. The van der Waals surface area contributed by atoms with E-state index >= 15 is 0 Å². The summed E-state index contributed by atoms with van der Waals surface area (Å²) in [5.41, 5.74) is 10.0. The highest BCUT2D eigenvalue weighted by Crippen LogP contribution is 2.35. The topological polar surface area (TPSA) is 72.2 Å². The predicted octanol–water partition coefficient (Wildman–Crippen LogP) is 4.31. The fourth-order valence-corrected chi connectivity index (χ4v) is 3.88. The zero-order valence-corrected chi connectivity index (χ0v) is 15.5. The van der Waals surface area contributed by atoms with E-state index in [1.54, 1.807) is 6.07 Å². The molecule has 0 atom stereocenters. The quantitative estimate of drug-likeness (QED) is 0.708. The van der Waals surface area contributed by atoms with Gasteiger partial charge >= 0.3 is 0 Å². The average molecular weight is 364 g/mol. The van der Waals surface area contributed by atoms with E-state index in [1.165, 1.54) is 11.3 Å². The zero-order valence-electron chi connectivity index (χ0n) is 14.7. The lowest BCUT2D eigenvalue weighted by Crippen LogP contribution is -2.18. The molecule has 0 unspecified atom stereocenters. The molecule has 1 heterocycles. The SMILES string of the molecule is Cc1ccc(CC(=O)Nc2sc(-c3ccccc3)cc2C(N)=O)c(C)c1. The molecule has 3 aromatic rings. The summed E-state index contributed by atoms with van der Waals surface area (Å²) in [7, 11) is 0.